The summed E-state index contributed by atoms with van der Waals surface area (Å²) in [5, 5.41) is 2.57. The molecule has 0 unspecified atom stereocenters. The summed E-state index contributed by atoms with van der Waals surface area (Å²) < 4.78 is 40.6. The lowest BCUT2D eigenvalue weighted by molar-refractivity contribution is 0.102. The molecule has 0 aliphatic heterocycles. The Kier molecular flexibility index (Phi) is 5.23. The molecule has 0 fully saturated rings. The highest BCUT2D eigenvalue weighted by atomic mass is 32.2. The molecule has 27 heavy (non-hydrogen) atoms. The Morgan fingerprint density at radius 2 is 1.56 bits per heavy atom. The monoisotopic (exact) mass is 384 g/mol. The van der Waals surface area contributed by atoms with Gasteiger partial charge in [0.2, 0.25) is 0 Å². The van der Waals surface area contributed by atoms with Crippen LogP contribution >= 0.6 is 0 Å². The highest BCUT2D eigenvalue weighted by Crippen LogP contribution is 2.19. The topological polar surface area (TPSA) is 75.3 Å². The van der Waals surface area contributed by atoms with Crippen molar-refractivity contribution >= 4 is 27.3 Å². The van der Waals surface area contributed by atoms with E-state index in [2.05, 4.69) is 10.0 Å². The van der Waals surface area contributed by atoms with Gasteiger partial charge in [-0.1, -0.05) is 29.8 Å². The summed E-state index contributed by atoms with van der Waals surface area (Å²) in [6.45, 7) is 1.87. The van der Waals surface area contributed by atoms with Crippen molar-refractivity contribution in [3.8, 4) is 0 Å². The number of benzene rings is 3. The van der Waals surface area contributed by atoms with Crippen LogP contribution in [-0.4, -0.2) is 14.3 Å². The molecular weight excluding hydrogens is 367 g/mol. The number of halogens is 1. The molecule has 0 saturated carbocycles. The van der Waals surface area contributed by atoms with Crippen LogP contribution in [-0.2, 0) is 10.0 Å². The molecule has 0 heterocycles. The number of carbonyl (C=O) groups is 1. The standard InChI is InChI=1S/C20H17FN2O3S/c1-14-8-10-19(11-9-14)27(25,26)23-18-7-2-4-15(12-18)20(24)22-17-6-3-5-16(21)13-17/h2-13,23H,1H3,(H,22,24). The van der Waals surface area contributed by atoms with Crippen molar-refractivity contribution < 1.29 is 17.6 Å². The number of anilines is 2. The zero-order chi connectivity index (χ0) is 19.4. The van der Waals surface area contributed by atoms with Crippen LogP contribution in [0.3, 0.4) is 0 Å². The van der Waals surface area contributed by atoms with Gasteiger partial charge in [-0.25, -0.2) is 12.8 Å². The van der Waals surface area contributed by atoms with E-state index in [0.717, 1.165) is 5.56 Å². The van der Waals surface area contributed by atoms with Gasteiger partial charge < -0.3 is 5.32 Å². The van der Waals surface area contributed by atoms with Gasteiger partial charge in [-0.2, -0.15) is 0 Å². The second kappa shape index (κ2) is 7.59. The van der Waals surface area contributed by atoms with Gasteiger partial charge in [-0.3, -0.25) is 9.52 Å². The maximum atomic E-state index is 13.2. The van der Waals surface area contributed by atoms with Crippen LogP contribution in [0.5, 0.6) is 0 Å². The fourth-order valence-electron chi connectivity index (χ4n) is 2.42. The van der Waals surface area contributed by atoms with Gasteiger partial charge in [-0.15, -0.1) is 0 Å². The molecule has 0 aliphatic rings. The molecule has 0 bridgehead atoms. The first-order chi connectivity index (χ1) is 12.8. The third kappa shape index (κ3) is 4.71. The first-order valence-corrected chi connectivity index (χ1v) is 9.58. The predicted molar refractivity (Wildman–Crippen MR) is 103 cm³/mol. The molecule has 0 saturated heterocycles. The molecule has 0 atom stereocenters. The Bertz CT molecular complexity index is 1080. The van der Waals surface area contributed by atoms with Crippen LogP contribution < -0.4 is 10.0 Å². The zero-order valence-electron chi connectivity index (χ0n) is 14.4. The largest absolute Gasteiger partial charge is 0.322 e. The summed E-state index contributed by atoms with van der Waals surface area (Å²) in [4.78, 5) is 12.5. The molecule has 138 valence electrons. The number of rotatable bonds is 5. The van der Waals surface area contributed by atoms with Crippen LogP contribution in [0, 0.1) is 12.7 Å². The first-order valence-electron chi connectivity index (χ1n) is 8.10. The highest BCUT2D eigenvalue weighted by Gasteiger charge is 2.15. The third-order valence-corrected chi connectivity index (χ3v) is 5.19. The fourth-order valence-corrected chi connectivity index (χ4v) is 3.47. The zero-order valence-corrected chi connectivity index (χ0v) is 15.3. The van der Waals surface area contributed by atoms with Gasteiger partial charge in [0.15, 0.2) is 0 Å². The lowest BCUT2D eigenvalue weighted by Crippen LogP contribution is -2.15. The highest BCUT2D eigenvalue weighted by molar-refractivity contribution is 7.92. The SMILES string of the molecule is Cc1ccc(S(=O)(=O)Nc2cccc(C(=O)Nc3cccc(F)c3)c2)cc1. The number of nitrogens with one attached hydrogen (secondary N) is 2. The first kappa shape index (κ1) is 18.6. The van der Waals surface area contributed by atoms with E-state index in [4.69, 9.17) is 0 Å². The summed E-state index contributed by atoms with van der Waals surface area (Å²) >= 11 is 0. The molecule has 0 radical (unpaired) electrons. The fraction of sp³-hybridized carbons (Fsp3) is 0.0500. The summed E-state index contributed by atoms with van der Waals surface area (Å²) in [5.41, 5.74) is 1.75. The molecule has 0 aliphatic carbocycles. The van der Waals surface area contributed by atoms with E-state index >= 15 is 0 Å². The van der Waals surface area contributed by atoms with Crippen LogP contribution in [0.1, 0.15) is 15.9 Å². The van der Waals surface area contributed by atoms with Crippen LogP contribution in [0.25, 0.3) is 0 Å². The Hall–Kier alpha value is -3.19. The van der Waals surface area contributed by atoms with Crippen molar-refractivity contribution in [3.63, 3.8) is 0 Å². The van der Waals surface area contributed by atoms with E-state index in [1.54, 1.807) is 30.3 Å². The normalized spacial score (nSPS) is 11.0. The quantitative estimate of drug-likeness (QED) is 0.693. The number of hydrogen-bond acceptors (Lipinski definition) is 3. The van der Waals surface area contributed by atoms with E-state index in [1.165, 1.54) is 42.5 Å². The maximum absolute atomic E-state index is 13.2. The molecule has 2 N–H and O–H groups in total. The van der Waals surface area contributed by atoms with E-state index < -0.39 is 21.7 Å². The predicted octanol–water partition coefficient (Wildman–Crippen LogP) is 4.19. The van der Waals surface area contributed by atoms with Gasteiger partial charge in [-0.05, 0) is 55.5 Å². The second-order valence-electron chi connectivity index (χ2n) is 5.96. The van der Waals surface area contributed by atoms with E-state index in [0.29, 0.717) is 5.69 Å². The summed E-state index contributed by atoms with van der Waals surface area (Å²) in [6, 6.07) is 18.0. The molecule has 3 aromatic rings. The van der Waals surface area contributed by atoms with Crippen LogP contribution in [0.4, 0.5) is 15.8 Å². The molecule has 3 rings (SSSR count). The van der Waals surface area contributed by atoms with Gasteiger partial charge in [0.25, 0.3) is 15.9 Å². The lowest BCUT2D eigenvalue weighted by atomic mass is 10.2. The number of sulfonamides is 1. The Balaban J connectivity index is 1.79. The molecule has 0 spiro atoms. The maximum Gasteiger partial charge on any atom is 0.261 e. The minimum atomic E-state index is -3.77. The number of amides is 1. The van der Waals surface area contributed by atoms with Gasteiger partial charge in [0.05, 0.1) is 4.90 Å². The van der Waals surface area contributed by atoms with E-state index in [-0.39, 0.29) is 16.1 Å². The molecule has 7 heteroatoms. The van der Waals surface area contributed by atoms with Crippen molar-refractivity contribution in [1.29, 1.82) is 0 Å². The molecule has 5 nitrogen and oxygen atoms in total. The van der Waals surface area contributed by atoms with Gasteiger partial charge >= 0.3 is 0 Å². The third-order valence-electron chi connectivity index (χ3n) is 3.79. The average molecular weight is 384 g/mol. The lowest BCUT2D eigenvalue weighted by Gasteiger charge is -2.10. The number of aryl methyl sites for hydroxylation is 1. The Morgan fingerprint density at radius 1 is 0.889 bits per heavy atom. The summed E-state index contributed by atoms with van der Waals surface area (Å²) in [7, 11) is -3.77. The minimum Gasteiger partial charge on any atom is -0.322 e. The summed E-state index contributed by atoms with van der Waals surface area (Å²) in [6.07, 6.45) is 0. The van der Waals surface area contributed by atoms with Crippen molar-refractivity contribution in [1.82, 2.24) is 0 Å². The van der Waals surface area contributed by atoms with Gasteiger partial charge in [0, 0.05) is 16.9 Å². The Morgan fingerprint density at radius 3 is 2.26 bits per heavy atom. The minimum absolute atomic E-state index is 0.128. The van der Waals surface area contributed by atoms with E-state index in [9.17, 15) is 17.6 Å². The Labute approximate surface area is 156 Å². The molecule has 0 aromatic heterocycles. The van der Waals surface area contributed by atoms with E-state index in [1.807, 2.05) is 6.92 Å². The van der Waals surface area contributed by atoms with Crippen molar-refractivity contribution in [2.24, 2.45) is 0 Å². The summed E-state index contributed by atoms with van der Waals surface area (Å²) in [5.74, 6) is -0.940. The second-order valence-corrected chi connectivity index (χ2v) is 7.65. The van der Waals surface area contributed by atoms with Crippen molar-refractivity contribution in [3.05, 3.63) is 89.7 Å². The van der Waals surface area contributed by atoms with Crippen LogP contribution in [0.2, 0.25) is 0 Å². The molecule has 3 aromatic carbocycles. The average Bonchev–Trinajstić information content (AvgIpc) is 2.62. The van der Waals surface area contributed by atoms with Crippen molar-refractivity contribution in [2.45, 2.75) is 11.8 Å². The van der Waals surface area contributed by atoms with Gasteiger partial charge in [0.1, 0.15) is 5.82 Å². The van der Waals surface area contributed by atoms with Crippen molar-refractivity contribution in [2.75, 3.05) is 10.0 Å². The van der Waals surface area contributed by atoms with Crippen LogP contribution in [0.15, 0.2) is 77.7 Å². The molecule has 1 amide bonds. The molecular formula is C20H17FN2O3S. The number of carbonyl (C=O) groups excluding carboxylic acids is 1. The number of hydrogen-bond donors (Lipinski definition) is 2. The smallest absolute Gasteiger partial charge is 0.261 e.